The van der Waals surface area contributed by atoms with Crippen LogP contribution in [0.15, 0.2) is 48.7 Å². The molecule has 14 nitrogen and oxygen atoms in total. The number of hydrogen-bond acceptors (Lipinski definition) is 11. The Morgan fingerprint density at radius 1 is 0.969 bits per heavy atom. The number of nitrogens with one attached hydrogen (secondary N) is 4. The third-order valence-corrected chi connectivity index (χ3v) is 15.2. The minimum atomic E-state index is -1.94. The van der Waals surface area contributed by atoms with Crippen molar-refractivity contribution < 1.29 is 28.3 Å². The summed E-state index contributed by atoms with van der Waals surface area (Å²) >= 11 is 13.8. The summed E-state index contributed by atoms with van der Waals surface area (Å²) in [5, 5.41) is 12.9. The van der Waals surface area contributed by atoms with Crippen molar-refractivity contribution in [3.05, 3.63) is 69.8 Å². The average Bonchev–Trinajstić information content (AvgIpc) is 3.86. The Kier molecular flexibility index (Phi) is 15.5. The Hall–Kier alpha value is -4.38. The molecule has 2 atom stereocenters. The van der Waals surface area contributed by atoms with Gasteiger partial charge in [-0.05, 0) is 119 Å². The molecule has 2 aliphatic carbocycles. The molecule has 4 fully saturated rings. The molecule has 2 aromatic carbocycles. The van der Waals surface area contributed by atoms with Crippen molar-refractivity contribution in [1.29, 1.82) is 0 Å². The molecule has 346 valence electrons. The van der Waals surface area contributed by atoms with Crippen LogP contribution in [0.1, 0.15) is 81.1 Å². The topological polar surface area (TPSA) is 161 Å². The van der Waals surface area contributed by atoms with E-state index in [9.17, 15) is 19.2 Å². The molecule has 0 bridgehead atoms. The van der Waals surface area contributed by atoms with Gasteiger partial charge < -0.3 is 35.8 Å². The van der Waals surface area contributed by atoms with E-state index in [1.165, 1.54) is 6.20 Å². The first-order valence-corrected chi connectivity index (χ1v) is 24.0. The fourth-order valence-electron chi connectivity index (χ4n) is 8.84. The fourth-order valence-corrected chi connectivity index (χ4v) is 10.5. The highest BCUT2D eigenvalue weighted by atomic mass is 35.5. The monoisotopic (exact) mass is 939 g/mol. The molecule has 3 heterocycles. The Balaban J connectivity index is 0.873. The van der Waals surface area contributed by atoms with Crippen molar-refractivity contribution in [2.45, 2.75) is 94.3 Å². The number of thioether (sulfide) groups is 1. The number of rotatable bonds is 17. The number of aromatic nitrogens is 2. The molecule has 4 aliphatic rings. The summed E-state index contributed by atoms with van der Waals surface area (Å²) in [5.74, 6) is 1.76. The number of likely N-dealkylation sites (tertiary alicyclic amines) is 1. The second-order valence-electron chi connectivity index (χ2n) is 18.0. The number of carbonyl (C=O) groups is 4. The molecule has 0 radical (unpaired) electrons. The molecule has 2 saturated carbocycles. The Bertz CT molecular complexity index is 2150. The Labute approximate surface area is 389 Å². The van der Waals surface area contributed by atoms with Crippen LogP contribution in [0.5, 0.6) is 5.75 Å². The molecule has 2 saturated heterocycles. The van der Waals surface area contributed by atoms with Gasteiger partial charge in [-0.25, -0.2) is 9.37 Å². The number of hydrogen-bond donors (Lipinski definition) is 4. The molecule has 64 heavy (non-hydrogen) atoms. The fraction of sp³-hybridized carbons (Fsp3) is 0.565. The molecule has 4 amide bonds. The lowest BCUT2D eigenvalue weighted by Crippen LogP contribution is -2.61. The summed E-state index contributed by atoms with van der Waals surface area (Å²) in [6, 6.07) is 10.9. The van der Waals surface area contributed by atoms with E-state index in [0.717, 1.165) is 56.6 Å². The smallest absolute Gasteiger partial charge is 0.258 e. The molecule has 2 aliphatic heterocycles. The van der Waals surface area contributed by atoms with Crippen LogP contribution < -0.4 is 26.0 Å². The van der Waals surface area contributed by atoms with Crippen molar-refractivity contribution in [3.8, 4) is 5.75 Å². The quantitative estimate of drug-likeness (QED) is 0.111. The van der Waals surface area contributed by atoms with Gasteiger partial charge in [-0.15, -0.1) is 0 Å². The molecule has 4 N–H and O–H groups in total. The highest BCUT2D eigenvalue weighted by molar-refractivity contribution is 8.00. The number of ether oxygens (including phenoxy) is 1. The molecule has 7 rings (SSSR count). The average molecular weight is 941 g/mol. The van der Waals surface area contributed by atoms with E-state index < -0.39 is 28.4 Å². The van der Waals surface area contributed by atoms with Gasteiger partial charge in [0.1, 0.15) is 28.7 Å². The maximum absolute atomic E-state index is 15.1. The van der Waals surface area contributed by atoms with Gasteiger partial charge in [0.05, 0.1) is 19.0 Å². The van der Waals surface area contributed by atoms with Crippen LogP contribution in [-0.4, -0.2) is 130 Å². The summed E-state index contributed by atoms with van der Waals surface area (Å²) in [7, 11) is 3.28. The third kappa shape index (κ3) is 11.7. The molecule has 3 aromatic rings. The number of benzene rings is 2. The van der Waals surface area contributed by atoms with E-state index in [1.807, 2.05) is 30.9 Å². The normalized spacial score (nSPS) is 21.5. The molecular formula is C46H60Cl2FN9O5S. The summed E-state index contributed by atoms with van der Waals surface area (Å²) < 4.78 is 19.9. The first-order chi connectivity index (χ1) is 30.7. The summed E-state index contributed by atoms with van der Waals surface area (Å²) in [5.41, 5.74) is 0.121. The number of methoxy groups -OCH3 is 1. The zero-order valence-corrected chi connectivity index (χ0v) is 39.4. The van der Waals surface area contributed by atoms with Gasteiger partial charge in [-0.2, -0.15) is 16.7 Å². The van der Waals surface area contributed by atoms with Gasteiger partial charge >= 0.3 is 0 Å². The second kappa shape index (κ2) is 20.8. The van der Waals surface area contributed by atoms with E-state index in [2.05, 4.69) is 36.1 Å². The van der Waals surface area contributed by atoms with Crippen LogP contribution in [0.25, 0.3) is 0 Å². The number of nitrogens with zero attached hydrogens (tertiary/aromatic N) is 5. The molecule has 1 unspecified atom stereocenters. The van der Waals surface area contributed by atoms with Gasteiger partial charge in [-0.3, -0.25) is 24.1 Å². The number of carbonyl (C=O) groups excluding carboxylic acids is 4. The Morgan fingerprint density at radius 2 is 1.67 bits per heavy atom. The number of alkyl halides is 1. The lowest BCUT2D eigenvalue weighted by Gasteiger charge is -2.40. The van der Waals surface area contributed by atoms with Gasteiger partial charge in [0.2, 0.25) is 17.8 Å². The molecule has 1 aromatic heterocycles. The van der Waals surface area contributed by atoms with Crippen LogP contribution in [0.3, 0.4) is 0 Å². The summed E-state index contributed by atoms with van der Waals surface area (Å²) in [6.45, 7) is 8.45. The van der Waals surface area contributed by atoms with Gasteiger partial charge in [0.15, 0.2) is 5.67 Å². The maximum Gasteiger partial charge on any atom is 0.258 e. The Morgan fingerprint density at radius 3 is 2.34 bits per heavy atom. The van der Waals surface area contributed by atoms with Gasteiger partial charge in [0, 0.05) is 68.2 Å². The van der Waals surface area contributed by atoms with Crippen molar-refractivity contribution in [1.82, 2.24) is 35.3 Å². The number of anilines is 3. The van der Waals surface area contributed by atoms with E-state index in [4.69, 9.17) is 27.9 Å². The number of piperazine rings is 1. The van der Waals surface area contributed by atoms with Crippen LogP contribution >= 0.6 is 35.0 Å². The third-order valence-electron chi connectivity index (χ3n) is 13.0. The van der Waals surface area contributed by atoms with E-state index in [-0.39, 0.29) is 30.6 Å². The molecule has 0 spiro atoms. The van der Waals surface area contributed by atoms with Crippen LogP contribution in [0.2, 0.25) is 10.0 Å². The lowest BCUT2D eigenvalue weighted by molar-refractivity contribution is -0.143. The highest BCUT2D eigenvalue weighted by Gasteiger charge is 2.54. The zero-order chi connectivity index (χ0) is 45.6. The van der Waals surface area contributed by atoms with Crippen molar-refractivity contribution >= 4 is 76.0 Å². The van der Waals surface area contributed by atoms with Crippen molar-refractivity contribution in [2.75, 3.05) is 69.8 Å². The zero-order valence-electron chi connectivity index (χ0n) is 37.1. The number of halogens is 3. The first kappa shape index (κ1) is 47.6. The molecular weight excluding hydrogens is 881 g/mol. The summed E-state index contributed by atoms with van der Waals surface area (Å²) in [6.07, 6.45) is 7.27. The van der Waals surface area contributed by atoms with Gasteiger partial charge in [0.25, 0.3) is 11.8 Å². The van der Waals surface area contributed by atoms with E-state index in [0.29, 0.717) is 89.7 Å². The summed E-state index contributed by atoms with van der Waals surface area (Å²) in [4.78, 5) is 69.1. The van der Waals surface area contributed by atoms with Crippen LogP contribution in [0, 0.1) is 11.8 Å². The predicted octanol–water partition coefficient (Wildman–Crippen LogP) is 6.95. The maximum atomic E-state index is 15.1. The standard InChI is InChI=1S/C46H60Cl2FN9O5S/c1-45(2,38(54-43(62)46(49)17-18-46)42(61)58-19-5-6-36(58)40(59)51-25-29-11-14-33(47)15-12-29)64-28-31-9-7-30(8-10-31)27-56-20-22-57(23-21-56)41(60)32-13-16-35(37(24-32)63-4)53-44-52-26-34(48)39(50-3)55-44/h11-16,24,26,30-31,36,38H,5-10,17-23,25,27-28H2,1-4H3,(H,51,59)(H,54,62)(H2,50,52,53,55)/t30-,31-,36?,38-/m1/s1. The van der Waals surface area contributed by atoms with Crippen molar-refractivity contribution in [3.63, 3.8) is 0 Å². The largest absolute Gasteiger partial charge is 0.495 e. The van der Waals surface area contributed by atoms with Crippen molar-refractivity contribution in [2.24, 2.45) is 11.8 Å². The minimum absolute atomic E-state index is 0.0399. The minimum Gasteiger partial charge on any atom is -0.495 e. The SMILES string of the molecule is CNc1nc(Nc2ccc(C(=O)N3CCN(C[C@H]4CC[C@H](CSC(C)(C)[C@H](NC(=O)C5(F)CC5)C(=O)N5CCCC5C(=O)NCc5ccc(Cl)cc5)CC4)CC3)cc2OC)ncc1Cl. The molecule has 18 heteroatoms. The van der Waals surface area contributed by atoms with E-state index in [1.54, 1.807) is 61.2 Å². The highest BCUT2D eigenvalue weighted by Crippen LogP contribution is 2.42. The van der Waals surface area contributed by atoms with Crippen LogP contribution in [-0.2, 0) is 20.9 Å². The van der Waals surface area contributed by atoms with Gasteiger partial charge in [-0.1, -0.05) is 35.3 Å². The lowest BCUT2D eigenvalue weighted by atomic mass is 9.82. The second-order valence-corrected chi connectivity index (χ2v) is 20.5. The first-order valence-electron chi connectivity index (χ1n) is 22.3. The number of amides is 4. The predicted molar refractivity (Wildman–Crippen MR) is 250 cm³/mol. The van der Waals surface area contributed by atoms with E-state index >= 15 is 4.39 Å². The van der Waals surface area contributed by atoms with Crippen LogP contribution in [0.4, 0.5) is 21.8 Å².